The maximum Gasteiger partial charge on any atom is 0.433 e. The highest BCUT2D eigenvalue weighted by atomic mass is 35.5. The molecule has 0 unspecified atom stereocenters. The fourth-order valence-electron chi connectivity index (χ4n) is 3.50. The minimum absolute atomic E-state index is 0. The van der Waals surface area contributed by atoms with Crippen molar-refractivity contribution < 1.29 is 18.0 Å². The number of rotatable bonds is 2. The summed E-state index contributed by atoms with van der Waals surface area (Å²) in [4.78, 5) is 14.3. The third kappa shape index (κ3) is 4.17. The summed E-state index contributed by atoms with van der Waals surface area (Å²) < 4.78 is 41.9. The number of carbonyl (C=O) groups excluding carboxylic acids is 1. The SMILES string of the molecule is CC(C)(C)n1ncc(C(=O)N2C[C@@H](N)[C@H](c3ccccc3)C2)c1C(F)(F)F.Cl. The van der Waals surface area contributed by atoms with Crippen LogP contribution in [0.25, 0.3) is 0 Å². The minimum atomic E-state index is -4.69. The van der Waals surface area contributed by atoms with Gasteiger partial charge in [0, 0.05) is 25.0 Å². The summed E-state index contributed by atoms with van der Waals surface area (Å²) in [5, 5.41) is 3.86. The number of nitrogens with two attached hydrogens (primary N) is 1. The number of alkyl halides is 3. The molecule has 0 radical (unpaired) electrons. The monoisotopic (exact) mass is 416 g/mol. The molecule has 2 heterocycles. The maximum atomic E-state index is 13.7. The van der Waals surface area contributed by atoms with Crippen LogP contribution in [0.3, 0.4) is 0 Å². The summed E-state index contributed by atoms with van der Waals surface area (Å²) >= 11 is 0. The molecule has 28 heavy (non-hydrogen) atoms. The van der Waals surface area contributed by atoms with Crippen molar-refractivity contribution >= 4 is 18.3 Å². The van der Waals surface area contributed by atoms with Crippen LogP contribution in [0.2, 0.25) is 0 Å². The van der Waals surface area contributed by atoms with E-state index >= 15 is 0 Å². The second-order valence-corrected chi connectivity index (χ2v) is 7.88. The van der Waals surface area contributed by atoms with E-state index in [4.69, 9.17) is 5.73 Å². The summed E-state index contributed by atoms with van der Waals surface area (Å²) in [6.07, 6.45) is -3.67. The molecule has 1 aliphatic rings. The smallest absolute Gasteiger partial charge is 0.336 e. The molecule has 3 rings (SSSR count). The number of likely N-dealkylation sites (tertiary alicyclic amines) is 1. The number of amides is 1. The van der Waals surface area contributed by atoms with Gasteiger partial charge in [-0.2, -0.15) is 18.3 Å². The Labute approximate surface area is 168 Å². The van der Waals surface area contributed by atoms with Crippen molar-refractivity contribution in [2.45, 2.75) is 44.4 Å². The van der Waals surface area contributed by atoms with Gasteiger partial charge in [-0.05, 0) is 26.3 Å². The largest absolute Gasteiger partial charge is 0.433 e. The second-order valence-electron chi connectivity index (χ2n) is 7.88. The lowest BCUT2D eigenvalue weighted by atomic mass is 9.95. The highest BCUT2D eigenvalue weighted by Crippen LogP contribution is 2.36. The predicted octanol–water partition coefficient (Wildman–Crippen LogP) is 3.65. The number of nitrogens with zero attached hydrogens (tertiary/aromatic N) is 3. The van der Waals surface area contributed by atoms with Crippen molar-refractivity contribution in [2.75, 3.05) is 13.1 Å². The Bertz CT molecular complexity index is 830. The molecule has 9 heteroatoms. The van der Waals surface area contributed by atoms with Gasteiger partial charge in [-0.3, -0.25) is 9.48 Å². The van der Waals surface area contributed by atoms with E-state index in [9.17, 15) is 18.0 Å². The van der Waals surface area contributed by atoms with E-state index in [0.29, 0.717) is 0 Å². The highest BCUT2D eigenvalue weighted by Gasteiger charge is 2.44. The number of aromatic nitrogens is 2. The number of halogens is 4. The van der Waals surface area contributed by atoms with Crippen molar-refractivity contribution in [2.24, 2.45) is 5.73 Å². The molecular weight excluding hydrogens is 393 g/mol. The lowest BCUT2D eigenvalue weighted by Crippen LogP contribution is -2.34. The van der Waals surface area contributed by atoms with Gasteiger partial charge in [0.25, 0.3) is 5.91 Å². The first-order valence-electron chi connectivity index (χ1n) is 8.75. The van der Waals surface area contributed by atoms with Crippen molar-refractivity contribution in [3.8, 4) is 0 Å². The molecule has 2 atom stereocenters. The normalized spacial score (nSPS) is 20.2. The van der Waals surface area contributed by atoms with Crippen LogP contribution >= 0.6 is 12.4 Å². The van der Waals surface area contributed by atoms with Crippen LogP contribution in [0.4, 0.5) is 13.2 Å². The molecule has 0 aliphatic carbocycles. The predicted molar refractivity (Wildman–Crippen MR) is 103 cm³/mol. The molecule has 1 saturated heterocycles. The van der Waals surface area contributed by atoms with Crippen LogP contribution in [0.15, 0.2) is 36.5 Å². The molecule has 2 aromatic rings. The Morgan fingerprint density at radius 3 is 2.29 bits per heavy atom. The van der Waals surface area contributed by atoms with Crippen LogP contribution in [0.5, 0.6) is 0 Å². The molecule has 0 spiro atoms. The van der Waals surface area contributed by atoms with Gasteiger partial charge in [0.15, 0.2) is 5.69 Å². The van der Waals surface area contributed by atoms with Gasteiger partial charge >= 0.3 is 6.18 Å². The molecule has 2 N–H and O–H groups in total. The van der Waals surface area contributed by atoms with Gasteiger partial charge in [-0.15, -0.1) is 12.4 Å². The summed E-state index contributed by atoms with van der Waals surface area (Å²) in [5.41, 5.74) is 4.80. The lowest BCUT2D eigenvalue weighted by molar-refractivity contribution is -0.146. The van der Waals surface area contributed by atoms with Crippen LogP contribution in [0.1, 0.15) is 48.3 Å². The van der Waals surface area contributed by atoms with Gasteiger partial charge in [0.1, 0.15) is 0 Å². The first-order valence-corrected chi connectivity index (χ1v) is 8.75. The van der Waals surface area contributed by atoms with Crippen LogP contribution < -0.4 is 5.73 Å². The molecule has 1 fully saturated rings. The first-order chi connectivity index (χ1) is 12.5. The maximum absolute atomic E-state index is 13.7. The summed E-state index contributed by atoms with van der Waals surface area (Å²) in [6.45, 7) is 5.32. The summed E-state index contributed by atoms with van der Waals surface area (Å²) in [5.74, 6) is -0.797. The van der Waals surface area contributed by atoms with E-state index in [2.05, 4.69) is 5.10 Å². The van der Waals surface area contributed by atoms with E-state index in [0.717, 1.165) is 16.4 Å². The Kier molecular flexibility index (Phi) is 6.16. The fourth-order valence-corrected chi connectivity index (χ4v) is 3.50. The van der Waals surface area contributed by atoms with Gasteiger partial charge in [-0.1, -0.05) is 30.3 Å². The zero-order chi connectivity index (χ0) is 20.0. The van der Waals surface area contributed by atoms with E-state index in [1.807, 2.05) is 30.3 Å². The average Bonchev–Trinajstić information content (AvgIpc) is 3.18. The van der Waals surface area contributed by atoms with Crippen molar-refractivity contribution in [1.82, 2.24) is 14.7 Å². The Hall–Kier alpha value is -2.06. The zero-order valence-corrected chi connectivity index (χ0v) is 16.7. The number of hydrogen-bond donors (Lipinski definition) is 1. The van der Waals surface area contributed by atoms with Crippen molar-refractivity contribution in [3.63, 3.8) is 0 Å². The van der Waals surface area contributed by atoms with Crippen LogP contribution in [-0.4, -0.2) is 39.7 Å². The van der Waals surface area contributed by atoms with E-state index in [1.165, 1.54) is 4.90 Å². The number of hydrogen-bond acceptors (Lipinski definition) is 3. The fraction of sp³-hybridized carbons (Fsp3) is 0.474. The van der Waals surface area contributed by atoms with Crippen molar-refractivity contribution in [3.05, 3.63) is 53.3 Å². The van der Waals surface area contributed by atoms with E-state index < -0.39 is 28.9 Å². The Balaban J connectivity index is 0.00000280. The number of carbonyl (C=O) groups is 1. The minimum Gasteiger partial charge on any atom is -0.336 e. The third-order valence-corrected chi connectivity index (χ3v) is 4.78. The molecule has 1 amide bonds. The Morgan fingerprint density at radius 1 is 1.14 bits per heavy atom. The third-order valence-electron chi connectivity index (χ3n) is 4.78. The average molecular weight is 417 g/mol. The van der Waals surface area contributed by atoms with Crippen LogP contribution in [0, 0.1) is 0 Å². The molecule has 1 aromatic carbocycles. The van der Waals surface area contributed by atoms with Crippen LogP contribution in [-0.2, 0) is 11.7 Å². The molecule has 1 aliphatic heterocycles. The lowest BCUT2D eigenvalue weighted by Gasteiger charge is -2.24. The molecule has 0 bridgehead atoms. The summed E-state index contributed by atoms with van der Waals surface area (Å²) in [7, 11) is 0. The first kappa shape index (κ1) is 22.2. The Morgan fingerprint density at radius 2 is 1.75 bits per heavy atom. The van der Waals surface area contributed by atoms with Gasteiger partial charge in [-0.25, -0.2) is 0 Å². The standard InChI is InChI=1S/C19H23F3N4O.ClH/c1-18(2,3)26-16(19(20,21)22)13(9-24-26)17(27)25-10-14(15(23)11-25)12-7-5-4-6-8-12;/h4-9,14-15H,10-11,23H2,1-3H3;1H/t14-,15+;/m0./s1. The van der Waals surface area contributed by atoms with E-state index in [1.54, 1.807) is 20.8 Å². The molecule has 1 aromatic heterocycles. The molecule has 154 valence electrons. The van der Waals surface area contributed by atoms with Crippen molar-refractivity contribution in [1.29, 1.82) is 0 Å². The summed E-state index contributed by atoms with van der Waals surface area (Å²) in [6, 6.07) is 9.13. The quantitative estimate of drug-likeness (QED) is 0.812. The van der Waals surface area contributed by atoms with Gasteiger partial charge in [0.05, 0.1) is 17.3 Å². The van der Waals surface area contributed by atoms with E-state index in [-0.39, 0.29) is 37.5 Å². The van der Waals surface area contributed by atoms with Gasteiger partial charge < -0.3 is 10.6 Å². The zero-order valence-electron chi connectivity index (χ0n) is 15.9. The number of benzene rings is 1. The van der Waals surface area contributed by atoms with Gasteiger partial charge in [0.2, 0.25) is 0 Å². The molecule has 5 nitrogen and oxygen atoms in total. The highest BCUT2D eigenvalue weighted by molar-refractivity contribution is 5.95. The second kappa shape index (κ2) is 7.75. The molecule has 0 saturated carbocycles. The molecular formula is C19H24ClF3N4O. The topological polar surface area (TPSA) is 64.2 Å².